The molecule has 0 radical (unpaired) electrons. The van der Waals surface area contributed by atoms with Crippen LogP contribution < -0.4 is 5.32 Å². The van der Waals surface area contributed by atoms with Gasteiger partial charge in [0.1, 0.15) is 16.9 Å². The molecule has 1 atom stereocenters. The molecule has 0 aliphatic heterocycles. The molecule has 0 saturated heterocycles. The molecule has 1 aromatic rings. The Morgan fingerprint density at radius 1 is 1.35 bits per heavy atom. The number of carboxylic acids is 1. The molecular formula is C10H12ClN3O3. The minimum atomic E-state index is -1.09. The first-order valence-electron chi connectivity index (χ1n) is 4.93. The molecule has 7 heteroatoms. The van der Waals surface area contributed by atoms with Crippen molar-refractivity contribution in [2.75, 3.05) is 0 Å². The van der Waals surface area contributed by atoms with Crippen molar-refractivity contribution in [3.8, 4) is 0 Å². The van der Waals surface area contributed by atoms with Crippen molar-refractivity contribution in [1.29, 1.82) is 0 Å². The lowest BCUT2D eigenvalue weighted by Gasteiger charge is -2.17. The van der Waals surface area contributed by atoms with Crippen LogP contribution in [0.25, 0.3) is 0 Å². The van der Waals surface area contributed by atoms with Crippen molar-refractivity contribution in [2.45, 2.75) is 19.9 Å². The largest absolute Gasteiger partial charge is 0.480 e. The van der Waals surface area contributed by atoms with Crippen LogP contribution in [-0.2, 0) is 4.79 Å². The van der Waals surface area contributed by atoms with Crippen LogP contribution in [0.1, 0.15) is 24.3 Å². The first kappa shape index (κ1) is 13.4. The number of hydrogen-bond donors (Lipinski definition) is 2. The first-order valence-corrected chi connectivity index (χ1v) is 5.31. The van der Waals surface area contributed by atoms with Crippen molar-refractivity contribution in [1.82, 2.24) is 15.3 Å². The van der Waals surface area contributed by atoms with Crippen LogP contribution in [0.15, 0.2) is 12.4 Å². The van der Waals surface area contributed by atoms with Gasteiger partial charge in [-0.25, -0.2) is 14.8 Å². The summed E-state index contributed by atoms with van der Waals surface area (Å²) in [5, 5.41) is 11.4. The molecule has 1 aromatic heterocycles. The fraction of sp³-hybridized carbons (Fsp3) is 0.400. The predicted octanol–water partition coefficient (Wildman–Crippen LogP) is 0.969. The third kappa shape index (κ3) is 3.67. The van der Waals surface area contributed by atoms with Crippen LogP contribution in [-0.4, -0.2) is 33.0 Å². The maximum Gasteiger partial charge on any atom is 0.326 e. The lowest BCUT2D eigenvalue weighted by atomic mass is 10.0. The summed E-state index contributed by atoms with van der Waals surface area (Å²) in [7, 11) is 0. The van der Waals surface area contributed by atoms with Crippen LogP contribution in [0, 0.1) is 5.92 Å². The molecule has 0 aliphatic carbocycles. The van der Waals surface area contributed by atoms with Gasteiger partial charge >= 0.3 is 5.97 Å². The Morgan fingerprint density at radius 3 is 2.41 bits per heavy atom. The van der Waals surface area contributed by atoms with Crippen molar-refractivity contribution in [3.63, 3.8) is 0 Å². The predicted molar refractivity (Wildman–Crippen MR) is 60.8 cm³/mol. The summed E-state index contributed by atoms with van der Waals surface area (Å²) in [6.45, 7) is 3.40. The monoisotopic (exact) mass is 257 g/mol. The molecule has 92 valence electrons. The van der Waals surface area contributed by atoms with Gasteiger partial charge in [-0.2, -0.15) is 0 Å². The van der Waals surface area contributed by atoms with E-state index in [1.807, 2.05) is 0 Å². The second kappa shape index (κ2) is 5.58. The molecule has 1 heterocycles. The number of hydrogen-bond acceptors (Lipinski definition) is 4. The Hall–Kier alpha value is -1.69. The van der Waals surface area contributed by atoms with E-state index in [9.17, 15) is 9.59 Å². The molecule has 0 fully saturated rings. The number of rotatable bonds is 4. The van der Waals surface area contributed by atoms with Crippen molar-refractivity contribution < 1.29 is 14.7 Å². The van der Waals surface area contributed by atoms with Crippen LogP contribution in [0.2, 0.25) is 5.15 Å². The van der Waals surface area contributed by atoms with E-state index in [1.165, 1.54) is 12.4 Å². The zero-order valence-electron chi connectivity index (χ0n) is 9.35. The molecule has 0 aliphatic rings. The lowest BCUT2D eigenvalue weighted by Crippen LogP contribution is -2.44. The van der Waals surface area contributed by atoms with E-state index >= 15 is 0 Å². The van der Waals surface area contributed by atoms with Crippen LogP contribution in [0.5, 0.6) is 0 Å². The van der Waals surface area contributed by atoms with Gasteiger partial charge in [0, 0.05) is 0 Å². The molecule has 0 bridgehead atoms. The fourth-order valence-corrected chi connectivity index (χ4v) is 1.26. The summed E-state index contributed by atoms with van der Waals surface area (Å²) >= 11 is 5.52. The maximum atomic E-state index is 11.7. The Kier molecular flexibility index (Phi) is 4.39. The summed E-state index contributed by atoms with van der Waals surface area (Å²) in [6.07, 6.45) is 2.42. The normalized spacial score (nSPS) is 12.2. The second-order valence-corrected chi connectivity index (χ2v) is 4.14. The number of aliphatic carboxylic acids is 1. The number of nitrogens with zero attached hydrogens (tertiary/aromatic N) is 2. The standard InChI is InChI=1S/C10H12ClN3O3/c1-5(2)8(10(16)17)14-9(15)6-3-13-7(11)4-12-6/h3-5,8H,1-2H3,(H,14,15)(H,16,17). The van der Waals surface area contributed by atoms with Gasteiger partial charge in [-0.3, -0.25) is 4.79 Å². The number of amides is 1. The minimum Gasteiger partial charge on any atom is -0.480 e. The van der Waals surface area contributed by atoms with Crippen molar-refractivity contribution in [3.05, 3.63) is 23.2 Å². The van der Waals surface area contributed by atoms with E-state index in [1.54, 1.807) is 13.8 Å². The molecule has 17 heavy (non-hydrogen) atoms. The average molecular weight is 258 g/mol. The lowest BCUT2D eigenvalue weighted by molar-refractivity contribution is -0.140. The van der Waals surface area contributed by atoms with Gasteiger partial charge in [-0.15, -0.1) is 0 Å². The number of nitrogens with one attached hydrogen (secondary N) is 1. The summed E-state index contributed by atoms with van der Waals surface area (Å²) in [5.74, 6) is -1.90. The van der Waals surface area contributed by atoms with Crippen molar-refractivity contribution in [2.24, 2.45) is 5.92 Å². The third-order valence-electron chi connectivity index (χ3n) is 2.07. The van der Waals surface area contributed by atoms with Gasteiger partial charge in [0.2, 0.25) is 0 Å². The van der Waals surface area contributed by atoms with Gasteiger partial charge < -0.3 is 10.4 Å². The molecule has 0 spiro atoms. The highest BCUT2D eigenvalue weighted by Crippen LogP contribution is 2.05. The minimum absolute atomic E-state index is 0.0290. The Balaban J connectivity index is 2.77. The van der Waals surface area contributed by atoms with E-state index in [0.29, 0.717) is 0 Å². The zero-order chi connectivity index (χ0) is 13.0. The first-order chi connectivity index (χ1) is 7.91. The van der Waals surface area contributed by atoms with Gasteiger partial charge in [0.05, 0.1) is 12.4 Å². The third-order valence-corrected chi connectivity index (χ3v) is 2.27. The van der Waals surface area contributed by atoms with E-state index < -0.39 is 17.9 Å². The van der Waals surface area contributed by atoms with Crippen LogP contribution in [0.3, 0.4) is 0 Å². The maximum absolute atomic E-state index is 11.7. The molecule has 0 aromatic carbocycles. The van der Waals surface area contributed by atoms with Crippen molar-refractivity contribution >= 4 is 23.5 Å². The topological polar surface area (TPSA) is 92.2 Å². The number of carbonyl (C=O) groups excluding carboxylic acids is 1. The highest BCUT2D eigenvalue weighted by Gasteiger charge is 2.24. The Bertz CT molecular complexity index is 419. The number of carbonyl (C=O) groups is 2. The van der Waals surface area contributed by atoms with E-state index in [4.69, 9.17) is 16.7 Å². The summed E-state index contributed by atoms with van der Waals surface area (Å²) in [5.41, 5.74) is 0.0290. The van der Waals surface area contributed by atoms with Gasteiger partial charge in [0.15, 0.2) is 0 Å². The fourth-order valence-electron chi connectivity index (χ4n) is 1.16. The van der Waals surface area contributed by atoms with E-state index in [0.717, 1.165) is 0 Å². The van der Waals surface area contributed by atoms with Gasteiger partial charge in [-0.1, -0.05) is 25.4 Å². The smallest absolute Gasteiger partial charge is 0.326 e. The van der Waals surface area contributed by atoms with Crippen LogP contribution in [0.4, 0.5) is 0 Å². The SMILES string of the molecule is CC(C)C(NC(=O)c1cnc(Cl)cn1)C(=O)O. The van der Waals surface area contributed by atoms with Crippen LogP contribution >= 0.6 is 11.6 Å². The summed E-state index contributed by atoms with van der Waals surface area (Å²) in [6, 6.07) is -0.958. The van der Waals surface area contributed by atoms with Gasteiger partial charge in [-0.05, 0) is 5.92 Å². The zero-order valence-corrected chi connectivity index (χ0v) is 10.1. The number of carboxylic acid groups (broad SMARTS) is 1. The summed E-state index contributed by atoms with van der Waals surface area (Å²) in [4.78, 5) is 30.0. The molecule has 0 saturated carbocycles. The molecule has 6 nitrogen and oxygen atoms in total. The number of halogens is 1. The Labute approximate surface area is 103 Å². The molecule has 1 amide bonds. The summed E-state index contributed by atoms with van der Waals surface area (Å²) < 4.78 is 0. The van der Waals surface area contributed by atoms with E-state index in [-0.39, 0.29) is 16.8 Å². The second-order valence-electron chi connectivity index (χ2n) is 3.76. The average Bonchev–Trinajstić information content (AvgIpc) is 2.25. The highest BCUT2D eigenvalue weighted by atomic mass is 35.5. The molecule has 2 N–H and O–H groups in total. The molecule has 1 rings (SSSR count). The Morgan fingerprint density at radius 2 is 2.00 bits per heavy atom. The molecule has 1 unspecified atom stereocenters. The molecular weight excluding hydrogens is 246 g/mol. The number of aromatic nitrogens is 2. The van der Waals surface area contributed by atoms with E-state index in [2.05, 4.69) is 15.3 Å². The highest BCUT2D eigenvalue weighted by molar-refractivity contribution is 6.29. The van der Waals surface area contributed by atoms with Gasteiger partial charge in [0.25, 0.3) is 5.91 Å². The quantitative estimate of drug-likeness (QED) is 0.838.